The highest BCUT2D eigenvalue weighted by Crippen LogP contribution is 2.14. The zero-order valence-electron chi connectivity index (χ0n) is 6.20. The van der Waals surface area contributed by atoms with Crippen LogP contribution in [0.15, 0.2) is 12.1 Å². The summed E-state index contributed by atoms with van der Waals surface area (Å²) in [5.41, 5.74) is 0.184. The van der Waals surface area contributed by atoms with E-state index in [4.69, 9.17) is 0 Å². The molecule has 0 aliphatic rings. The fourth-order valence-electron chi connectivity index (χ4n) is 0.890. The summed E-state index contributed by atoms with van der Waals surface area (Å²) in [6.45, 7) is 0. The minimum atomic E-state index is -1.15. The molecule has 0 nitrogen and oxygen atoms in total. The van der Waals surface area contributed by atoms with Gasteiger partial charge in [0.1, 0.15) is 5.82 Å². The Morgan fingerprint density at radius 3 is 2.17 bits per heavy atom. The van der Waals surface area contributed by atoms with E-state index in [-0.39, 0.29) is 5.56 Å². The van der Waals surface area contributed by atoms with Crippen LogP contribution < -0.4 is 0 Å². The van der Waals surface area contributed by atoms with Gasteiger partial charge in [-0.3, -0.25) is 0 Å². The molecule has 0 saturated heterocycles. The largest absolute Gasteiger partial charge is 0.207 e. The van der Waals surface area contributed by atoms with E-state index in [2.05, 4.69) is 10.2 Å². The van der Waals surface area contributed by atoms with E-state index in [9.17, 15) is 13.2 Å². The van der Waals surface area contributed by atoms with E-state index < -0.39 is 17.5 Å². The van der Waals surface area contributed by atoms with Crippen molar-refractivity contribution >= 4 is 10.2 Å². The van der Waals surface area contributed by atoms with E-state index in [0.29, 0.717) is 18.5 Å². The van der Waals surface area contributed by atoms with Gasteiger partial charge in [-0.1, -0.05) is 6.04 Å². The molecule has 0 unspecified atom stereocenters. The molecule has 0 N–H and O–H groups in total. The van der Waals surface area contributed by atoms with Crippen molar-refractivity contribution in [2.24, 2.45) is 0 Å². The second-order valence-electron chi connectivity index (χ2n) is 2.36. The normalized spacial score (nSPS) is 10.3. The summed E-state index contributed by atoms with van der Waals surface area (Å²) in [5, 5.41) is 0. The first kappa shape index (κ1) is 9.32. The Morgan fingerprint density at radius 2 is 1.58 bits per heavy atom. The Kier molecular flexibility index (Phi) is 2.92. The van der Waals surface area contributed by atoms with Crippen LogP contribution >= 0.6 is 0 Å². The van der Waals surface area contributed by atoms with Gasteiger partial charge in [0.15, 0.2) is 11.6 Å². The summed E-state index contributed by atoms with van der Waals surface area (Å²) in [6, 6.07) is 1.96. The number of halogens is 3. The summed E-state index contributed by atoms with van der Waals surface area (Å²) in [5.74, 6) is -2.86. The predicted octanol–water partition coefficient (Wildman–Crippen LogP) is 2.23. The van der Waals surface area contributed by atoms with Gasteiger partial charge in [0, 0.05) is 16.3 Å². The Balaban J connectivity index is 3.05. The van der Waals surface area contributed by atoms with Crippen LogP contribution in [0.2, 0.25) is 6.04 Å². The van der Waals surface area contributed by atoms with Gasteiger partial charge in [0.2, 0.25) is 0 Å². The van der Waals surface area contributed by atoms with Crippen LogP contribution in [0.3, 0.4) is 0 Å². The minimum absolute atomic E-state index is 0.184. The van der Waals surface area contributed by atoms with Crippen LogP contribution in [0.5, 0.6) is 0 Å². The van der Waals surface area contributed by atoms with E-state index in [1.807, 2.05) is 0 Å². The average Bonchev–Trinajstić information content (AvgIpc) is 2.01. The molecule has 3 radical (unpaired) electrons. The lowest BCUT2D eigenvalue weighted by Gasteiger charge is -2.01. The van der Waals surface area contributed by atoms with Gasteiger partial charge in [0.05, 0.1) is 0 Å². The monoisotopic (exact) mass is 187 g/mol. The van der Waals surface area contributed by atoms with Crippen molar-refractivity contribution in [1.29, 1.82) is 0 Å². The van der Waals surface area contributed by atoms with Crippen molar-refractivity contribution < 1.29 is 13.2 Å². The highest BCUT2D eigenvalue weighted by atomic mass is 28.1. The van der Waals surface area contributed by atoms with E-state index in [1.54, 1.807) is 0 Å². The third-order valence-electron chi connectivity index (χ3n) is 1.48. The first-order valence-corrected chi connectivity index (χ1v) is 4.14. The van der Waals surface area contributed by atoms with Crippen LogP contribution in [0.25, 0.3) is 0 Å². The number of rotatable bonds is 2. The van der Waals surface area contributed by atoms with Crippen LogP contribution in [-0.4, -0.2) is 10.2 Å². The summed E-state index contributed by atoms with van der Waals surface area (Å²) in [6.07, 6.45) is 0.347. The van der Waals surface area contributed by atoms with Crippen molar-refractivity contribution in [3.8, 4) is 0 Å². The Morgan fingerprint density at radius 1 is 1.00 bits per heavy atom. The smallest absolute Gasteiger partial charge is 0.161 e. The SMILES string of the molecule is Fc1cc(F)c(CC[Si])cc1F. The molecule has 12 heavy (non-hydrogen) atoms. The lowest BCUT2D eigenvalue weighted by molar-refractivity contribution is 0.490. The Bertz CT molecular complexity index is 286. The van der Waals surface area contributed by atoms with Gasteiger partial charge >= 0.3 is 0 Å². The Hall–Kier alpha value is -0.773. The average molecular weight is 187 g/mol. The third-order valence-corrected chi connectivity index (χ3v) is 1.73. The van der Waals surface area contributed by atoms with E-state index in [1.165, 1.54) is 0 Å². The molecule has 0 aromatic heterocycles. The molecule has 0 aliphatic carbocycles. The maximum Gasteiger partial charge on any atom is 0.161 e. The zero-order valence-corrected chi connectivity index (χ0v) is 7.20. The molecule has 0 atom stereocenters. The summed E-state index contributed by atoms with van der Waals surface area (Å²) in [4.78, 5) is 0. The van der Waals surface area contributed by atoms with Gasteiger partial charge in [-0.2, -0.15) is 0 Å². The lowest BCUT2D eigenvalue weighted by atomic mass is 10.1. The highest BCUT2D eigenvalue weighted by Gasteiger charge is 2.08. The lowest BCUT2D eigenvalue weighted by Crippen LogP contribution is -1.94. The summed E-state index contributed by atoms with van der Waals surface area (Å²) < 4.78 is 37.7. The molecule has 1 aromatic carbocycles. The van der Waals surface area contributed by atoms with Crippen molar-refractivity contribution in [1.82, 2.24) is 0 Å². The molecular formula is C8H6F3Si. The number of benzene rings is 1. The zero-order chi connectivity index (χ0) is 9.14. The van der Waals surface area contributed by atoms with Crippen molar-refractivity contribution in [3.63, 3.8) is 0 Å². The molecule has 0 fully saturated rings. The van der Waals surface area contributed by atoms with Gasteiger partial charge in [-0.15, -0.1) is 0 Å². The predicted molar refractivity (Wildman–Crippen MR) is 40.6 cm³/mol. The molecule has 4 heteroatoms. The van der Waals surface area contributed by atoms with Gasteiger partial charge in [0.25, 0.3) is 0 Å². The molecule has 0 spiro atoms. The molecule has 0 heterocycles. The summed E-state index contributed by atoms with van der Waals surface area (Å²) in [7, 11) is 3.13. The van der Waals surface area contributed by atoms with E-state index in [0.717, 1.165) is 6.07 Å². The number of aryl methyl sites for hydroxylation is 1. The molecule has 63 valence electrons. The molecule has 0 saturated carbocycles. The van der Waals surface area contributed by atoms with Gasteiger partial charge in [-0.05, 0) is 18.1 Å². The third kappa shape index (κ3) is 1.88. The molecule has 0 bridgehead atoms. The van der Waals surface area contributed by atoms with Crippen LogP contribution in [0.1, 0.15) is 5.56 Å². The molecule has 0 aliphatic heterocycles. The fraction of sp³-hybridized carbons (Fsp3) is 0.250. The molecule has 0 amide bonds. The highest BCUT2D eigenvalue weighted by molar-refractivity contribution is 6.08. The second kappa shape index (κ2) is 3.76. The first-order chi connectivity index (χ1) is 5.65. The minimum Gasteiger partial charge on any atom is -0.207 e. The number of hydrogen-bond acceptors (Lipinski definition) is 0. The van der Waals surface area contributed by atoms with Gasteiger partial charge < -0.3 is 0 Å². The van der Waals surface area contributed by atoms with Gasteiger partial charge in [-0.25, -0.2) is 13.2 Å². The van der Waals surface area contributed by atoms with Crippen LogP contribution in [0, 0.1) is 17.5 Å². The standard InChI is InChI=1S/C8H6F3Si/c9-6-4-8(11)7(10)3-5(6)1-2-12/h3-4H,1-2H2. The topological polar surface area (TPSA) is 0 Å². The quantitative estimate of drug-likeness (QED) is 0.492. The first-order valence-electron chi connectivity index (χ1n) is 3.43. The second-order valence-corrected chi connectivity index (χ2v) is 2.86. The molecular weight excluding hydrogens is 181 g/mol. The van der Waals surface area contributed by atoms with Crippen LogP contribution in [-0.2, 0) is 6.42 Å². The molecule has 1 aromatic rings. The van der Waals surface area contributed by atoms with Crippen molar-refractivity contribution in [3.05, 3.63) is 35.1 Å². The Labute approximate surface area is 71.8 Å². The fourth-order valence-corrected chi connectivity index (χ4v) is 1.16. The number of hydrogen-bond donors (Lipinski definition) is 0. The van der Waals surface area contributed by atoms with Crippen molar-refractivity contribution in [2.45, 2.75) is 12.5 Å². The molecule has 1 rings (SSSR count). The maximum atomic E-state index is 12.8. The van der Waals surface area contributed by atoms with Crippen molar-refractivity contribution in [2.75, 3.05) is 0 Å². The van der Waals surface area contributed by atoms with Crippen LogP contribution in [0.4, 0.5) is 13.2 Å². The maximum absolute atomic E-state index is 12.8. The summed E-state index contributed by atoms with van der Waals surface area (Å²) >= 11 is 0. The van der Waals surface area contributed by atoms with E-state index >= 15 is 0 Å².